The molecule has 154 valence electrons. The predicted molar refractivity (Wildman–Crippen MR) is 116 cm³/mol. The molecule has 0 aromatic heterocycles. The standard InChI is InChI=1S/C21H14Cl3FN2O3/c22-13-9-17(23)20(18(24)10-13)27-21(29)12-1-7-16(8-2-12)30-11-19(28)26-15-5-3-14(25)4-6-15/h1-10H,11H2,(H,26,28)(H,27,29). The second-order valence-corrected chi connectivity index (χ2v) is 7.32. The lowest BCUT2D eigenvalue weighted by Crippen LogP contribution is -2.20. The van der Waals surface area contributed by atoms with Crippen LogP contribution in [0.3, 0.4) is 0 Å². The topological polar surface area (TPSA) is 67.4 Å². The number of nitrogens with one attached hydrogen (secondary N) is 2. The highest BCUT2D eigenvalue weighted by atomic mass is 35.5. The van der Waals surface area contributed by atoms with E-state index in [4.69, 9.17) is 39.5 Å². The van der Waals surface area contributed by atoms with E-state index in [0.29, 0.717) is 22.0 Å². The Labute approximate surface area is 186 Å². The van der Waals surface area contributed by atoms with E-state index in [-0.39, 0.29) is 22.3 Å². The maximum atomic E-state index is 12.9. The van der Waals surface area contributed by atoms with Crippen LogP contribution in [0.15, 0.2) is 60.7 Å². The number of amides is 2. The molecular weight excluding hydrogens is 454 g/mol. The summed E-state index contributed by atoms with van der Waals surface area (Å²) in [4.78, 5) is 24.3. The fourth-order valence-electron chi connectivity index (χ4n) is 2.43. The minimum Gasteiger partial charge on any atom is -0.484 e. The summed E-state index contributed by atoms with van der Waals surface area (Å²) >= 11 is 18.0. The van der Waals surface area contributed by atoms with Gasteiger partial charge in [0.1, 0.15) is 11.6 Å². The van der Waals surface area contributed by atoms with Crippen LogP contribution in [0.25, 0.3) is 0 Å². The van der Waals surface area contributed by atoms with Crippen molar-refractivity contribution in [3.8, 4) is 5.75 Å². The Bertz CT molecular complexity index is 1050. The van der Waals surface area contributed by atoms with Crippen molar-refractivity contribution in [2.24, 2.45) is 0 Å². The van der Waals surface area contributed by atoms with Crippen LogP contribution in [-0.2, 0) is 4.79 Å². The molecule has 3 aromatic carbocycles. The summed E-state index contributed by atoms with van der Waals surface area (Å²) < 4.78 is 18.3. The van der Waals surface area contributed by atoms with Crippen LogP contribution in [0.4, 0.5) is 15.8 Å². The Morgan fingerprint density at radius 2 is 1.47 bits per heavy atom. The third kappa shape index (κ3) is 5.86. The molecule has 0 bridgehead atoms. The molecule has 0 saturated heterocycles. The minimum atomic E-state index is -0.429. The van der Waals surface area contributed by atoms with Crippen molar-refractivity contribution < 1.29 is 18.7 Å². The summed E-state index contributed by atoms with van der Waals surface area (Å²) in [6.45, 7) is -0.251. The Kier molecular flexibility index (Phi) is 7.15. The summed E-state index contributed by atoms with van der Waals surface area (Å²) in [5, 5.41) is 6.00. The summed E-state index contributed by atoms with van der Waals surface area (Å²) in [6, 6.07) is 14.5. The maximum Gasteiger partial charge on any atom is 0.262 e. The highest BCUT2D eigenvalue weighted by Gasteiger charge is 2.13. The van der Waals surface area contributed by atoms with E-state index in [2.05, 4.69) is 10.6 Å². The Hall–Kier alpha value is -2.80. The molecule has 0 aliphatic rings. The average molecular weight is 468 g/mol. The molecule has 30 heavy (non-hydrogen) atoms. The van der Waals surface area contributed by atoms with E-state index in [0.717, 1.165) is 0 Å². The van der Waals surface area contributed by atoms with Crippen LogP contribution in [0.1, 0.15) is 10.4 Å². The number of anilines is 2. The molecular formula is C21H14Cl3FN2O3. The normalized spacial score (nSPS) is 10.4. The number of carbonyl (C=O) groups is 2. The molecule has 0 heterocycles. The number of rotatable bonds is 6. The van der Waals surface area contributed by atoms with Gasteiger partial charge in [-0.1, -0.05) is 34.8 Å². The molecule has 5 nitrogen and oxygen atoms in total. The molecule has 0 radical (unpaired) electrons. The van der Waals surface area contributed by atoms with Crippen molar-refractivity contribution in [1.29, 1.82) is 0 Å². The third-order valence-electron chi connectivity index (χ3n) is 3.86. The summed E-state index contributed by atoms with van der Waals surface area (Å²) in [5.74, 6) is -0.838. The molecule has 0 aliphatic heterocycles. The van der Waals surface area contributed by atoms with E-state index in [1.54, 1.807) is 12.1 Å². The zero-order valence-electron chi connectivity index (χ0n) is 15.2. The van der Waals surface area contributed by atoms with Crippen LogP contribution in [0.2, 0.25) is 15.1 Å². The van der Waals surface area contributed by atoms with Gasteiger partial charge in [-0.15, -0.1) is 0 Å². The zero-order valence-corrected chi connectivity index (χ0v) is 17.5. The van der Waals surface area contributed by atoms with E-state index >= 15 is 0 Å². The van der Waals surface area contributed by atoms with Gasteiger partial charge in [0, 0.05) is 16.3 Å². The second-order valence-electron chi connectivity index (χ2n) is 6.07. The van der Waals surface area contributed by atoms with Crippen molar-refractivity contribution in [2.45, 2.75) is 0 Å². The first-order chi connectivity index (χ1) is 14.3. The van der Waals surface area contributed by atoms with Crippen LogP contribution in [-0.4, -0.2) is 18.4 Å². The highest BCUT2D eigenvalue weighted by molar-refractivity contribution is 6.42. The minimum absolute atomic E-state index is 0.216. The molecule has 9 heteroatoms. The van der Waals surface area contributed by atoms with E-state index in [1.807, 2.05) is 0 Å². The van der Waals surface area contributed by atoms with Gasteiger partial charge in [-0.25, -0.2) is 4.39 Å². The van der Waals surface area contributed by atoms with Gasteiger partial charge in [0.15, 0.2) is 6.61 Å². The lowest BCUT2D eigenvalue weighted by molar-refractivity contribution is -0.118. The van der Waals surface area contributed by atoms with Crippen molar-refractivity contribution in [1.82, 2.24) is 0 Å². The molecule has 2 N–H and O–H groups in total. The van der Waals surface area contributed by atoms with Gasteiger partial charge in [-0.2, -0.15) is 0 Å². The average Bonchev–Trinajstić information content (AvgIpc) is 2.71. The highest BCUT2D eigenvalue weighted by Crippen LogP contribution is 2.34. The number of halogens is 4. The van der Waals surface area contributed by atoms with Crippen LogP contribution in [0, 0.1) is 5.82 Å². The number of carbonyl (C=O) groups excluding carboxylic acids is 2. The van der Waals surface area contributed by atoms with Gasteiger partial charge < -0.3 is 15.4 Å². The molecule has 0 spiro atoms. The first-order valence-electron chi connectivity index (χ1n) is 8.56. The summed E-state index contributed by atoms with van der Waals surface area (Å²) in [5.41, 5.74) is 1.04. The Morgan fingerprint density at radius 1 is 0.867 bits per heavy atom. The molecule has 0 fully saturated rings. The molecule has 3 aromatic rings. The zero-order chi connectivity index (χ0) is 21.7. The number of hydrogen-bond donors (Lipinski definition) is 2. The lowest BCUT2D eigenvalue weighted by atomic mass is 10.2. The van der Waals surface area contributed by atoms with Gasteiger partial charge in [0.2, 0.25) is 0 Å². The van der Waals surface area contributed by atoms with Crippen molar-refractivity contribution >= 4 is 58.0 Å². The summed E-state index contributed by atoms with van der Waals surface area (Å²) in [7, 11) is 0. The molecule has 2 amide bonds. The predicted octanol–water partition coefficient (Wildman–Crippen LogP) is 6.06. The molecule has 0 saturated carbocycles. The molecule has 3 rings (SSSR count). The van der Waals surface area contributed by atoms with Crippen LogP contribution in [0.5, 0.6) is 5.75 Å². The quantitative estimate of drug-likeness (QED) is 0.463. The third-order valence-corrected chi connectivity index (χ3v) is 4.67. The van der Waals surface area contributed by atoms with Crippen LogP contribution < -0.4 is 15.4 Å². The fraction of sp³-hybridized carbons (Fsp3) is 0.0476. The fourth-order valence-corrected chi connectivity index (χ4v) is 3.34. The summed E-state index contributed by atoms with van der Waals surface area (Å²) in [6.07, 6.45) is 0. The van der Waals surface area contributed by atoms with Crippen LogP contribution >= 0.6 is 34.8 Å². The number of ether oxygens (including phenoxy) is 1. The largest absolute Gasteiger partial charge is 0.484 e. The van der Waals surface area contributed by atoms with Gasteiger partial charge in [-0.05, 0) is 60.7 Å². The van der Waals surface area contributed by atoms with Gasteiger partial charge in [0.05, 0.1) is 15.7 Å². The smallest absolute Gasteiger partial charge is 0.262 e. The van der Waals surface area contributed by atoms with Gasteiger partial charge in [-0.3, -0.25) is 9.59 Å². The Morgan fingerprint density at radius 3 is 2.07 bits per heavy atom. The lowest BCUT2D eigenvalue weighted by Gasteiger charge is -2.11. The SMILES string of the molecule is O=C(COc1ccc(C(=O)Nc2c(Cl)cc(Cl)cc2Cl)cc1)Nc1ccc(F)cc1. The van der Waals surface area contributed by atoms with E-state index < -0.39 is 17.6 Å². The van der Waals surface area contributed by atoms with E-state index in [1.165, 1.54) is 48.5 Å². The molecule has 0 aliphatic carbocycles. The van der Waals surface area contributed by atoms with Crippen molar-refractivity contribution in [3.63, 3.8) is 0 Å². The molecule has 0 atom stereocenters. The number of hydrogen-bond acceptors (Lipinski definition) is 3. The number of benzene rings is 3. The first-order valence-corrected chi connectivity index (χ1v) is 9.69. The first kappa shape index (κ1) is 21.9. The molecule has 0 unspecified atom stereocenters. The van der Waals surface area contributed by atoms with Gasteiger partial charge >= 0.3 is 0 Å². The second kappa shape index (κ2) is 9.80. The van der Waals surface area contributed by atoms with Gasteiger partial charge in [0.25, 0.3) is 11.8 Å². The van der Waals surface area contributed by atoms with Crippen molar-refractivity contribution in [2.75, 3.05) is 17.2 Å². The monoisotopic (exact) mass is 466 g/mol. The Balaban J connectivity index is 1.56. The maximum absolute atomic E-state index is 12.9. The van der Waals surface area contributed by atoms with E-state index in [9.17, 15) is 14.0 Å². The van der Waals surface area contributed by atoms with Crippen molar-refractivity contribution in [3.05, 3.63) is 87.1 Å².